The van der Waals surface area contributed by atoms with Gasteiger partial charge in [0.25, 0.3) is 0 Å². The zero-order chi connectivity index (χ0) is 12.3. The Morgan fingerprint density at radius 1 is 1.12 bits per heavy atom. The smallest absolute Gasteiger partial charge is 0.130 e. The number of aliphatic hydroxyl groups is 1. The van der Waals surface area contributed by atoms with Crippen molar-refractivity contribution in [2.24, 2.45) is 0 Å². The fourth-order valence-electron chi connectivity index (χ4n) is 1.55. The SMILES string of the molecule is Cc1cc(CO)ccc1Oc1ccc(Cl)cc1. The molecule has 0 spiro atoms. The average molecular weight is 249 g/mol. The van der Waals surface area contributed by atoms with Crippen LogP contribution in [0.1, 0.15) is 11.1 Å². The highest BCUT2D eigenvalue weighted by Gasteiger charge is 2.02. The lowest BCUT2D eigenvalue weighted by atomic mass is 10.1. The minimum atomic E-state index is 0.0437. The van der Waals surface area contributed by atoms with Crippen LogP contribution in [0.15, 0.2) is 42.5 Å². The van der Waals surface area contributed by atoms with Crippen molar-refractivity contribution in [3.05, 3.63) is 58.6 Å². The van der Waals surface area contributed by atoms with Crippen molar-refractivity contribution in [2.45, 2.75) is 13.5 Å². The summed E-state index contributed by atoms with van der Waals surface area (Å²) in [4.78, 5) is 0. The molecule has 0 bridgehead atoms. The Morgan fingerprint density at radius 3 is 2.41 bits per heavy atom. The molecular weight excluding hydrogens is 236 g/mol. The molecule has 1 N–H and O–H groups in total. The van der Waals surface area contributed by atoms with Crippen molar-refractivity contribution in [3.8, 4) is 11.5 Å². The van der Waals surface area contributed by atoms with E-state index >= 15 is 0 Å². The van der Waals surface area contributed by atoms with Gasteiger partial charge in [-0.3, -0.25) is 0 Å². The summed E-state index contributed by atoms with van der Waals surface area (Å²) >= 11 is 5.80. The van der Waals surface area contributed by atoms with Crippen molar-refractivity contribution >= 4 is 11.6 Å². The van der Waals surface area contributed by atoms with E-state index in [2.05, 4.69) is 0 Å². The zero-order valence-corrected chi connectivity index (χ0v) is 10.2. The first-order chi connectivity index (χ1) is 8.19. The van der Waals surface area contributed by atoms with E-state index in [0.717, 1.165) is 22.6 Å². The molecule has 0 amide bonds. The minimum Gasteiger partial charge on any atom is -0.457 e. The van der Waals surface area contributed by atoms with Crippen LogP contribution in [0, 0.1) is 6.92 Å². The Labute approximate surface area is 105 Å². The molecule has 0 heterocycles. The largest absolute Gasteiger partial charge is 0.457 e. The lowest BCUT2D eigenvalue weighted by Gasteiger charge is -2.09. The predicted molar refractivity (Wildman–Crippen MR) is 68.6 cm³/mol. The van der Waals surface area contributed by atoms with Gasteiger partial charge in [-0.05, 0) is 48.4 Å². The molecule has 0 atom stereocenters. The maximum atomic E-state index is 9.02. The van der Waals surface area contributed by atoms with Gasteiger partial charge in [0.1, 0.15) is 11.5 Å². The normalized spacial score (nSPS) is 10.3. The van der Waals surface area contributed by atoms with Crippen LogP contribution in [-0.4, -0.2) is 5.11 Å². The Kier molecular flexibility index (Phi) is 3.67. The molecule has 2 aromatic rings. The van der Waals surface area contributed by atoms with Crippen molar-refractivity contribution in [2.75, 3.05) is 0 Å². The predicted octanol–water partition coefficient (Wildman–Crippen LogP) is 3.93. The third-order valence-electron chi connectivity index (χ3n) is 2.46. The lowest BCUT2D eigenvalue weighted by Crippen LogP contribution is -1.90. The fourth-order valence-corrected chi connectivity index (χ4v) is 1.68. The first kappa shape index (κ1) is 12.0. The highest BCUT2D eigenvalue weighted by atomic mass is 35.5. The van der Waals surface area contributed by atoms with E-state index in [1.165, 1.54) is 0 Å². The Morgan fingerprint density at radius 2 is 1.82 bits per heavy atom. The molecule has 2 nitrogen and oxygen atoms in total. The Hall–Kier alpha value is -1.51. The quantitative estimate of drug-likeness (QED) is 0.892. The third-order valence-corrected chi connectivity index (χ3v) is 2.72. The van der Waals surface area contributed by atoms with Crippen LogP contribution in [0.25, 0.3) is 0 Å². The molecule has 0 unspecified atom stereocenters. The molecule has 2 rings (SSSR count). The molecule has 0 radical (unpaired) electrons. The summed E-state index contributed by atoms with van der Waals surface area (Å²) in [6, 6.07) is 12.8. The number of ether oxygens (including phenoxy) is 1. The van der Waals surface area contributed by atoms with Crippen LogP contribution in [0.2, 0.25) is 5.02 Å². The summed E-state index contributed by atoms with van der Waals surface area (Å²) in [5, 5.41) is 9.70. The number of rotatable bonds is 3. The zero-order valence-electron chi connectivity index (χ0n) is 9.48. The maximum absolute atomic E-state index is 9.02. The van der Waals surface area contributed by atoms with Gasteiger partial charge in [-0.1, -0.05) is 23.7 Å². The molecule has 0 aromatic heterocycles. The van der Waals surface area contributed by atoms with Crippen LogP contribution in [-0.2, 0) is 6.61 Å². The summed E-state index contributed by atoms with van der Waals surface area (Å²) in [6.45, 7) is 1.99. The van der Waals surface area contributed by atoms with Crippen LogP contribution in [0.5, 0.6) is 11.5 Å². The van der Waals surface area contributed by atoms with Crippen molar-refractivity contribution < 1.29 is 9.84 Å². The molecule has 0 aliphatic carbocycles. The minimum absolute atomic E-state index is 0.0437. The van der Waals surface area contributed by atoms with Crippen LogP contribution in [0.4, 0.5) is 0 Å². The number of hydrogen-bond donors (Lipinski definition) is 1. The second kappa shape index (κ2) is 5.21. The first-order valence-corrected chi connectivity index (χ1v) is 5.70. The third kappa shape index (κ3) is 2.99. The van der Waals surface area contributed by atoms with Gasteiger partial charge in [-0.2, -0.15) is 0 Å². The topological polar surface area (TPSA) is 29.5 Å². The number of aryl methyl sites for hydroxylation is 1. The number of aliphatic hydroxyl groups excluding tert-OH is 1. The van der Waals surface area contributed by atoms with Crippen LogP contribution < -0.4 is 4.74 Å². The Balaban J connectivity index is 2.21. The van der Waals surface area contributed by atoms with Gasteiger partial charge in [0.05, 0.1) is 6.61 Å². The molecule has 88 valence electrons. The van der Waals surface area contributed by atoms with E-state index < -0.39 is 0 Å². The standard InChI is InChI=1S/C14H13ClO2/c1-10-8-11(9-16)2-7-14(10)17-13-5-3-12(15)4-6-13/h2-8,16H,9H2,1H3. The highest BCUT2D eigenvalue weighted by molar-refractivity contribution is 6.30. The second-order valence-electron chi connectivity index (χ2n) is 3.81. The summed E-state index contributed by atoms with van der Waals surface area (Å²) < 4.78 is 5.72. The molecule has 0 saturated heterocycles. The Bertz CT molecular complexity index is 506. The summed E-state index contributed by atoms with van der Waals surface area (Å²) in [7, 11) is 0. The second-order valence-corrected chi connectivity index (χ2v) is 4.25. The molecule has 0 aliphatic rings. The van der Waals surface area contributed by atoms with E-state index in [-0.39, 0.29) is 6.61 Å². The van der Waals surface area contributed by atoms with Crippen LogP contribution in [0.3, 0.4) is 0 Å². The molecule has 17 heavy (non-hydrogen) atoms. The van der Waals surface area contributed by atoms with Gasteiger partial charge in [-0.15, -0.1) is 0 Å². The van der Waals surface area contributed by atoms with E-state index in [1.54, 1.807) is 12.1 Å². The van der Waals surface area contributed by atoms with Gasteiger partial charge in [-0.25, -0.2) is 0 Å². The van der Waals surface area contributed by atoms with Crippen molar-refractivity contribution in [1.82, 2.24) is 0 Å². The summed E-state index contributed by atoms with van der Waals surface area (Å²) in [5.74, 6) is 1.53. The fraction of sp³-hybridized carbons (Fsp3) is 0.143. The molecule has 0 fully saturated rings. The maximum Gasteiger partial charge on any atom is 0.130 e. The molecule has 0 aliphatic heterocycles. The monoisotopic (exact) mass is 248 g/mol. The van der Waals surface area contributed by atoms with E-state index in [4.69, 9.17) is 21.4 Å². The van der Waals surface area contributed by atoms with Gasteiger partial charge < -0.3 is 9.84 Å². The van der Waals surface area contributed by atoms with E-state index in [0.29, 0.717) is 5.02 Å². The highest BCUT2D eigenvalue weighted by Crippen LogP contribution is 2.26. The first-order valence-electron chi connectivity index (χ1n) is 5.33. The molecule has 2 aromatic carbocycles. The lowest BCUT2D eigenvalue weighted by molar-refractivity contribution is 0.281. The van der Waals surface area contributed by atoms with Crippen LogP contribution >= 0.6 is 11.6 Å². The average Bonchev–Trinajstić information content (AvgIpc) is 2.34. The number of benzene rings is 2. The summed E-state index contributed by atoms with van der Waals surface area (Å²) in [6.07, 6.45) is 0. The van der Waals surface area contributed by atoms with Crippen molar-refractivity contribution in [1.29, 1.82) is 0 Å². The molecule has 3 heteroatoms. The molecule has 0 saturated carbocycles. The van der Waals surface area contributed by atoms with Crippen molar-refractivity contribution in [3.63, 3.8) is 0 Å². The number of halogens is 1. The van der Waals surface area contributed by atoms with Gasteiger partial charge in [0.2, 0.25) is 0 Å². The van der Waals surface area contributed by atoms with Gasteiger partial charge >= 0.3 is 0 Å². The van der Waals surface area contributed by atoms with E-state index in [1.807, 2.05) is 37.3 Å². The summed E-state index contributed by atoms with van der Waals surface area (Å²) in [5.41, 5.74) is 1.87. The van der Waals surface area contributed by atoms with E-state index in [9.17, 15) is 0 Å². The van der Waals surface area contributed by atoms with Gasteiger partial charge in [0, 0.05) is 5.02 Å². The number of hydrogen-bond acceptors (Lipinski definition) is 2. The molecular formula is C14H13ClO2. The van der Waals surface area contributed by atoms with Gasteiger partial charge in [0.15, 0.2) is 0 Å².